The molecular weight excluding hydrogens is 422 g/mol. The van der Waals surface area contributed by atoms with Gasteiger partial charge in [0, 0.05) is 17.1 Å². The summed E-state index contributed by atoms with van der Waals surface area (Å²) in [6, 6.07) is 8.66. The van der Waals surface area contributed by atoms with Gasteiger partial charge in [-0.1, -0.05) is 37.5 Å². The van der Waals surface area contributed by atoms with E-state index in [1.54, 1.807) is 12.1 Å². The van der Waals surface area contributed by atoms with Crippen LogP contribution in [0.15, 0.2) is 29.1 Å². The Labute approximate surface area is 190 Å². The van der Waals surface area contributed by atoms with E-state index in [-0.39, 0.29) is 22.5 Å². The van der Waals surface area contributed by atoms with E-state index >= 15 is 0 Å². The predicted octanol–water partition coefficient (Wildman–Crippen LogP) is 3.53. The Balaban J connectivity index is 1.71. The van der Waals surface area contributed by atoms with E-state index in [1.165, 1.54) is 18.6 Å². The summed E-state index contributed by atoms with van der Waals surface area (Å²) in [5, 5.41) is 26.4. The SMILES string of the molecule is Cc1c(C#N)c(NC(=O)Cn2nc(C(=O)O)c3ccccc3c2=O)n(C2CCCCC2)c1C. The zero-order valence-electron chi connectivity index (χ0n) is 18.6. The number of hydrogen-bond acceptors (Lipinski definition) is 5. The van der Waals surface area contributed by atoms with Gasteiger partial charge in [-0.25, -0.2) is 9.48 Å². The van der Waals surface area contributed by atoms with Crippen molar-refractivity contribution >= 4 is 28.5 Å². The summed E-state index contributed by atoms with van der Waals surface area (Å²) in [4.78, 5) is 37.5. The van der Waals surface area contributed by atoms with E-state index < -0.39 is 24.0 Å². The topological polar surface area (TPSA) is 130 Å². The number of nitriles is 1. The summed E-state index contributed by atoms with van der Waals surface area (Å²) < 4.78 is 2.89. The first kappa shape index (κ1) is 22.3. The van der Waals surface area contributed by atoms with Crippen molar-refractivity contribution in [3.63, 3.8) is 0 Å². The van der Waals surface area contributed by atoms with E-state index in [0.717, 1.165) is 41.6 Å². The van der Waals surface area contributed by atoms with Gasteiger partial charge in [-0.05, 0) is 38.3 Å². The highest BCUT2D eigenvalue weighted by molar-refractivity contribution is 6.01. The maximum Gasteiger partial charge on any atom is 0.357 e. The molecule has 0 bridgehead atoms. The molecule has 4 rings (SSSR count). The largest absolute Gasteiger partial charge is 0.476 e. The smallest absolute Gasteiger partial charge is 0.357 e. The number of amides is 1. The Morgan fingerprint density at radius 2 is 1.85 bits per heavy atom. The average Bonchev–Trinajstić information content (AvgIpc) is 3.04. The van der Waals surface area contributed by atoms with Crippen LogP contribution in [-0.2, 0) is 11.3 Å². The molecule has 33 heavy (non-hydrogen) atoms. The molecule has 9 heteroatoms. The molecule has 2 heterocycles. The fourth-order valence-electron chi connectivity index (χ4n) is 4.69. The van der Waals surface area contributed by atoms with E-state index in [1.807, 2.05) is 18.4 Å². The molecule has 0 radical (unpaired) electrons. The van der Waals surface area contributed by atoms with Gasteiger partial charge in [0.2, 0.25) is 5.91 Å². The van der Waals surface area contributed by atoms with E-state index in [4.69, 9.17) is 0 Å². The summed E-state index contributed by atoms with van der Waals surface area (Å²) >= 11 is 0. The number of aromatic nitrogens is 3. The Kier molecular flexibility index (Phi) is 6.01. The van der Waals surface area contributed by atoms with Crippen molar-refractivity contribution in [1.82, 2.24) is 14.3 Å². The van der Waals surface area contributed by atoms with Gasteiger partial charge in [-0.2, -0.15) is 10.4 Å². The monoisotopic (exact) mass is 447 g/mol. The molecule has 0 saturated heterocycles. The van der Waals surface area contributed by atoms with Gasteiger partial charge in [0.15, 0.2) is 5.69 Å². The summed E-state index contributed by atoms with van der Waals surface area (Å²) in [6.07, 6.45) is 5.29. The van der Waals surface area contributed by atoms with Gasteiger partial charge < -0.3 is 15.0 Å². The fourth-order valence-corrected chi connectivity index (χ4v) is 4.69. The molecule has 1 aliphatic rings. The number of carbonyl (C=O) groups is 2. The van der Waals surface area contributed by atoms with Crippen LogP contribution in [0.1, 0.15) is 65.5 Å². The first-order valence-electron chi connectivity index (χ1n) is 11.0. The standard InChI is InChI=1S/C24H25N5O4/c1-14-15(2)29(16-8-4-3-5-9-16)22(19(14)12-25)26-20(30)13-28-23(31)18-11-7-6-10-17(18)21(27-28)24(32)33/h6-7,10-11,16H,3-5,8-9,13H2,1-2H3,(H,26,30)(H,32,33). The second kappa shape index (κ2) is 8.90. The highest BCUT2D eigenvalue weighted by Crippen LogP contribution is 2.36. The van der Waals surface area contributed by atoms with Crippen LogP contribution < -0.4 is 10.9 Å². The zero-order valence-corrected chi connectivity index (χ0v) is 18.6. The maximum atomic E-state index is 13.0. The van der Waals surface area contributed by atoms with E-state index in [2.05, 4.69) is 16.5 Å². The van der Waals surface area contributed by atoms with Gasteiger partial charge in [-0.3, -0.25) is 9.59 Å². The number of carboxylic acid groups (broad SMARTS) is 1. The van der Waals surface area contributed by atoms with Crippen LogP contribution in [0.2, 0.25) is 0 Å². The zero-order chi connectivity index (χ0) is 23.7. The summed E-state index contributed by atoms with van der Waals surface area (Å²) in [5.41, 5.74) is 1.29. The number of carboxylic acids is 1. The molecule has 0 atom stereocenters. The Morgan fingerprint density at radius 1 is 1.18 bits per heavy atom. The van der Waals surface area contributed by atoms with Crippen molar-refractivity contribution < 1.29 is 14.7 Å². The third-order valence-electron chi connectivity index (χ3n) is 6.43. The molecule has 0 spiro atoms. The lowest BCUT2D eigenvalue weighted by molar-refractivity contribution is -0.117. The normalized spacial score (nSPS) is 14.2. The number of aromatic carboxylic acids is 1. The van der Waals surface area contributed by atoms with Crippen LogP contribution >= 0.6 is 0 Å². The first-order valence-corrected chi connectivity index (χ1v) is 11.0. The lowest BCUT2D eigenvalue weighted by atomic mass is 9.95. The number of carbonyl (C=O) groups excluding carboxylic acids is 1. The fraction of sp³-hybridized carbons (Fsp3) is 0.375. The van der Waals surface area contributed by atoms with Crippen molar-refractivity contribution in [2.45, 2.75) is 58.5 Å². The van der Waals surface area contributed by atoms with Gasteiger partial charge in [0.05, 0.1) is 10.9 Å². The molecule has 3 aromatic rings. The molecule has 1 aliphatic carbocycles. The van der Waals surface area contributed by atoms with Crippen LogP contribution in [0.5, 0.6) is 0 Å². The van der Waals surface area contributed by atoms with E-state index in [9.17, 15) is 24.8 Å². The number of anilines is 1. The quantitative estimate of drug-likeness (QED) is 0.615. The number of rotatable bonds is 5. The maximum absolute atomic E-state index is 13.0. The minimum absolute atomic E-state index is 0.174. The second-order valence-electron chi connectivity index (χ2n) is 8.42. The molecule has 2 aromatic heterocycles. The van der Waals surface area contributed by atoms with Crippen LogP contribution in [-0.4, -0.2) is 31.3 Å². The van der Waals surface area contributed by atoms with Crippen LogP contribution in [0.4, 0.5) is 5.82 Å². The molecule has 1 aromatic carbocycles. The second-order valence-corrected chi connectivity index (χ2v) is 8.42. The number of benzene rings is 1. The molecule has 1 saturated carbocycles. The number of hydrogen-bond donors (Lipinski definition) is 2. The van der Waals surface area contributed by atoms with Crippen LogP contribution in [0.25, 0.3) is 10.8 Å². The predicted molar refractivity (Wildman–Crippen MR) is 122 cm³/mol. The van der Waals surface area contributed by atoms with Gasteiger partial charge in [0.25, 0.3) is 5.56 Å². The van der Waals surface area contributed by atoms with Crippen molar-refractivity contribution in [2.75, 3.05) is 5.32 Å². The van der Waals surface area contributed by atoms with Gasteiger partial charge >= 0.3 is 5.97 Å². The highest BCUT2D eigenvalue weighted by atomic mass is 16.4. The van der Waals surface area contributed by atoms with Crippen LogP contribution in [0, 0.1) is 25.2 Å². The number of fused-ring (bicyclic) bond motifs is 1. The first-order chi connectivity index (χ1) is 15.8. The number of nitrogens with zero attached hydrogens (tertiary/aromatic N) is 4. The molecule has 9 nitrogen and oxygen atoms in total. The van der Waals surface area contributed by atoms with Gasteiger partial charge in [0.1, 0.15) is 18.4 Å². The molecule has 0 unspecified atom stereocenters. The van der Waals surface area contributed by atoms with Crippen molar-refractivity contribution in [3.8, 4) is 6.07 Å². The minimum Gasteiger partial charge on any atom is -0.476 e. The molecule has 0 aliphatic heterocycles. The minimum atomic E-state index is -1.29. The van der Waals surface area contributed by atoms with Crippen molar-refractivity contribution in [3.05, 3.63) is 57.1 Å². The molecular formula is C24H25N5O4. The summed E-state index contributed by atoms with van der Waals surface area (Å²) in [6.45, 7) is 3.33. The van der Waals surface area contributed by atoms with E-state index in [0.29, 0.717) is 11.4 Å². The third-order valence-corrected chi connectivity index (χ3v) is 6.43. The molecule has 2 N–H and O–H groups in total. The Hall–Kier alpha value is -3.93. The summed E-state index contributed by atoms with van der Waals surface area (Å²) in [7, 11) is 0. The highest BCUT2D eigenvalue weighted by Gasteiger charge is 2.26. The molecule has 1 amide bonds. The van der Waals surface area contributed by atoms with Gasteiger partial charge in [-0.15, -0.1) is 0 Å². The third kappa shape index (κ3) is 4.00. The molecule has 1 fully saturated rings. The Bertz CT molecular complexity index is 1360. The van der Waals surface area contributed by atoms with Crippen molar-refractivity contribution in [2.24, 2.45) is 0 Å². The lowest BCUT2D eigenvalue weighted by Gasteiger charge is -2.27. The summed E-state index contributed by atoms with van der Waals surface area (Å²) in [5.74, 6) is -1.41. The number of nitrogens with one attached hydrogen (secondary N) is 1. The average molecular weight is 447 g/mol. The van der Waals surface area contributed by atoms with Crippen molar-refractivity contribution in [1.29, 1.82) is 5.26 Å². The Morgan fingerprint density at radius 3 is 2.48 bits per heavy atom. The molecule has 170 valence electrons. The van der Waals surface area contributed by atoms with Crippen LogP contribution in [0.3, 0.4) is 0 Å². The lowest BCUT2D eigenvalue weighted by Crippen LogP contribution is -2.32.